The van der Waals surface area contributed by atoms with Crippen molar-refractivity contribution in [3.8, 4) is 11.5 Å². The highest BCUT2D eigenvalue weighted by Gasteiger charge is 2.18. The second kappa shape index (κ2) is 15.0. The van der Waals surface area contributed by atoms with Crippen LogP contribution in [0.2, 0.25) is 0 Å². The van der Waals surface area contributed by atoms with Crippen molar-refractivity contribution in [2.45, 2.75) is 67.5 Å². The highest BCUT2D eigenvalue weighted by molar-refractivity contribution is 5.83. The van der Waals surface area contributed by atoms with Gasteiger partial charge in [0, 0.05) is 29.9 Å². The number of phenols is 2. The summed E-state index contributed by atoms with van der Waals surface area (Å²) in [7, 11) is 0. The minimum atomic E-state index is 0.318. The van der Waals surface area contributed by atoms with Crippen LogP contribution in [0, 0.1) is 13.8 Å². The van der Waals surface area contributed by atoms with Gasteiger partial charge in [-0.05, 0) is 120 Å². The molecule has 0 saturated carbocycles. The van der Waals surface area contributed by atoms with Crippen molar-refractivity contribution < 1.29 is 10.2 Å². The number of anilines is 1. The topological polar surface area (TPSA) is 43.7 Å². The van der Waals surface area contributed by atoms with Gasteiger partial charge in [0.1, 0.15) is 11.5 Å². The van der Waals surface area contributed by atoms with Crippen LogP contribution in [0.15, 0.2) is 103 Å². The molecule has 3 heteroatoms. The molecule has 2 N–H and O–H groups in total. The Balaban J connectivity index is 1.58. The van der Waals surface area contributed by atoms with Gasteiger partial charge in [-0.2, -0.15) is 0 Å². The summed E-state index contributed by atoms with van der Waals surface area (Å²) in [5.41, 5.74) is 14.0. The molecule has 0 fully saturated rings. The monoisotopic (exact) mass is 621 g/mol. The van der Waals surface area contributed by atoms with Crippen molar-refractivity contribution in [2.24, 2.45) is 0 Å². The van der Waals surface area contributed by atoms with Gasteiger partial charge in [-0.25, -0.2) is 0 Å². The lowest BCUT2D eigenvalue weighted by Gasteiger charge is -2.30. The molecule has 0 aliphatic carbocycles. The molecule has 0 atom stereocenters. The molecule has 0 aromatic heterocycles. The van der Waals surface area contributed by atoms with Crippen molar-refractivity contribution in [2.75, 3.05) is 4.90 Å². The molecular formula is C44H47NO2. The van der Waals surface area contributed by atoms with Crippen molar-refractivity contribution in [1.29, 1.82) is 0 Å². The molecule has 3 nitrogen and oxygen atoms in total. The van der Waals surface area contributed by atoms with Crippen molar-refractivity contribution in [3.63, 3.8) is 0 Å². The zero-order valence-electron chi connectivity index (χ0n) is 28.6. The van der Waals surface area contributed by atoms with Crippen LogP contribution in [-0.2, 0) is 25.9 Å². The maximum Gasteiger partial charge on any atom is 0.125 e. The van der Waals surface area contributed by atoms with Crippen molar-refractivity contribution in [1.82, 2.24) is 0 Å². The van der Waals surface area contributed by atoms with E-state index in [9.17, 15) is 10.2 Å². The summed E-state index contributed by atoms with van der Waals surface area (Å²) in [4.78, 5) is 2.48. The SMILES string of the molecule is CCc1cccc(CC)c1N(Cc1cc(C)c(O)c(C=C(C)c2ccccc2)c1)Cc1cc(C)c(O)c(C=C(C)c2ccccc2)c1. The quantitative estimate of drug-likeness (QED) is 0.144. The number of hydrogen-bond acceptors (Lipinski definition) is 3. The maximum atomic E-state index is 11.1. The van der Waals surface area contributed by atoms with Crippen LogP contribution in [0.25, 0.3) is 23.3 Å². The molecule has 240 valence electrons. The van der Waals surface area contributed by atoms with Crippen LogP contribution in [0.1, 0.15) is 83.3 Å². The average Bonchev–Trinajstić information content (AvgIpc) is 3.09. The molecule has 0 spiro atoms. The van der Waals surface area contributed by atoms with Gasteiger partial charge in [-0.15, -0.1) is 0 Å². The lowest BCUT2D eigenvalue weighted by molar-refractivity contribution is 0.469. The molecule has 0 bridgehead atoms. The Morgan fingerprint density at radius 2 is 0.979 bits per heavy atom. The van der Waals surface area contributed by atoms with Crippen molar-refractivity contribution in [3.05, 3.63) is 159 Å². The number of nitrogens with zero attached hydrogens (tertiary/aromatic N) is 1. The highest BCUT2D eigenvalue weighted by atomic mass is 16.3. The molecule has 0 aliphatic heterocycles. The van der Waals surface area contributed by atoms with Gasteiger partial charge < -0.3 is 15.1 Å². The third-order valence-electron chi connectivity index (χ3n) is 9.01. The Bertz CT molecular complexity index is 1770. The van der Waals surface area contributed by atoms with Gasteiger partial charge in [0.15, 0.2) is 0 Å². The molecule has 5 rings (SSSR count). The summed E-state index contributed by atoms with van der Waals surface area (Å²) in [6.45, 7) is 13.9. The Hall–Kier alpha value is -5.02. The second-order valence-electron chi connectivity index (χ2n) is 12.6. The van der Waals surface area contributed by atoms with E-state index in [0.29, 0.717) is 24.6 Å². The summed E-state index contributed by atoms with van der Waals surface area (Å²) in [5, 5.41) is 22.2. The molecular weight excluding hydrogens is 574 g/mol. The number of rotatable bonds is 11. The summed E-state index contributed by atoms with van der Waals surface area (Å²) in [5.74, 6) is 0.635. The first-order valence-electron chi connectivity index (χ1n) is 16.7. The van der Waals surface area contributed by atoms with E-state index in [1.807, 2.05) is 50.2 Å². The molecule has 0 saturated heterocycles. The van der Waals surface area contributed by atoms with Crippen LogP contribution in [0.4, 0.5) is 5.69 Å². The van der Waals surface area contributed by atoms with Gasteiger partial charge in [-0.3, -0.25) is 0 Å². The fourth-order valence-corrected chi connectivity index (χ4v) is 6.48. The fraction of sp³-hybridized carbons (Fsp3) is 0.227. The Labute approximate surface area is 281 Å². The van der Waals surface area contributed by atoms with Gasteiger partial charge in [0.2, 0.25) is 0 Å². The number of benzene rings is 5. The lowest BCUT2D eigenvalue weighted by Crippen LogP contribution is -2.25. The Morgan fingerprint density at radius 1 is 0.574 bits per heavy atom. The minimum absolute atomic E-state index is 0.318. The van der Waals surface area contributed by atoms with Gasteiger partial charge in [0.25, 0.3) is 0 Å². The number of phenolic OH excluding ortho intramolecular Hbond substituents is 2. The van der Waals surface area contributed by atoms with E-state index in [1.54, 1.807) is 0 Å². The molecule has 0 aliphatic rings. The van der Waals surface area contributed by atoms with Gasteiger partial charge in [0.05, 0.1) is 0 Å². The predicted molar refractivity (Wildman–Crippen MR) is 201 cm³/mol. The normalized spacial score (nSPS) is 12.0. The number of aromatic hydroxyl groups is 2. The van der Waals surface area contributed by atoms with Gasteiger partial charge in [-0.1, -0.05) is 105 Å². The number of hydrogen-bond donors (Lipinski definition) is 2. The zero-order valence-corrected chi connectivity index (χ0v) is 28.6. The lowest BCUT2D eigenvalue weighted by atomic mass is 9.97. The van der Waals surface area contributed by atoms with Crippen LogP contribution >= 0.6 is 0 Å². The summed E-state index contributed by atoms with van der Waals surface area (Å²) < 4.78 is 0. The first kappa shape index (κ1) is 33.3. The number of para-hydroxylation sites is 1. The van der Waals surface area contributed by atoms with Crippen LogP contribution in [0.5, 0.6) is 11.5 Å². The van der Waals surface area contributed by atoms with Gasteiger partial charge >= 0.3 is 0 Å². The smallest absolute Gasteiger partial charge is 0.125 e. The third kappa shape index (κ3) is 7.86. The van der Waals surface area contributed by atoms with E-state index in [-0.39, 0.29) is 0 Å². The average molecular weight is 622 g/mol. The first-order valence-corrected chi connectivity index (χ1v) is 16.7. The maximum absolute atomic E-state index is 11.1. The summed E-state index contributed by atoms with van der Waals surface area (Å²) in [6.07, 6.45) is 6.02. The molecule has 0 heterocycles. The summed E-state index contributed by atoms with van der Waals surface area (Å²) >= 11 is 0. The van der Waals surface area contributed by atoms with E-state index >= 15 is 0 Å². The van der Waals surface area contributed by atoms with Crippen LogP contribution in [-0.4, -0.2) is 10.2 Å². The van der Waals surface area contributed by atoms with E-state index in [4.69, 9.17) is 0 Å². The molecule has 0 unspecified atom stereocenters. The predicted octanol–water partition coefficient (Wildman–Crippen LogP) is 11.2. The van der Waals surface area contributed by atoms with E-state index < -0.39 is 0 Å². The largest absolute Gasteiger partial charge is 0.507 e. The Morgan fingerprint density at radius 3 is 1.36 bits per heavy atom. The van der Waals surface area contributed by atoms with Crippen LogP contribution < -0.4 is 4.90 Å². The standard InChI is InChI=1S/C44H47NO2/c1-7-36-20-15-21-37(8-2)42(36)45(28-34-22-32(5)43(46)40(26-34)24-30(3)38-16-11-9-12-17-38)29-35-23-33(6)44(47)41(27-35)25-31(4)39-18-13-10-14-19-39/h9-27,46-47H,7-8,28-29H2,1-6H3. The molecule has 47 heavy (non-hydrogen) atoms. The van der Waals surface area contributed by atoms with E-state index in [2.05, 4.69) is 111 Å². The highest BCUT2D eigenvalue weighted by Crippen LogP contribution is 2.35. The first-order chi connectivity index (χ1) is 22.7. The second-order valence-corrected chi connectivity index (χ2v) is 12.6. The minimum Gasteiger partial charge on any atom is -0.507 e. The molecule has 5 aromatic rings. The Kier molecular flexibility index (Phi) is 10.7. The number of aryl methyl sites for hydroxylation is 4. The van der Waals surface area contributed by atoms with E-state index in [0.717, 1.165) is 68.5 Å². The van der Waals surface area contributed by atoms with Crippen molar-refractivity contribution >= 4 is 29.0 Å². The van der Waals surface area contributed by atoms with Crippen LogP contribution in [0.3, 0.4) is 0 Å². The molecule has 0 amide bonds. The fourth-order valence-electron chi connectivity index (χ4n) is 6.48. The summed E-state index contributed by atoms with van der Waals surface area (Å²) in [6, 6.07) is 35.7. The third-order valence-corrected chi connectivity index (χ3v) is 9.01. The number of allylic oxidation sites excluding steroid dienone is 2. The molecule has 0 radical (unpaired) electrons. The van der Waals surface area contributed by atoms with E-state index in [1.165, 1.54) is 16.8 Å². The zero-order chi connectivity index (χ0) is 33.5. The molecule has 5 aromatic carbocycles.